The molecule has 0 radical (unpaired) electrons. The number of hydrogen-bond acceptors (Lipinski definition) is 10. The summed E-state index contributed by atoms with van der Waals surface area (Å²) in [6.45, 7) is 4.58. The Kier molecular flexibility index (Phi) is 47.4. The Bertz CT molecular complexity index is 1250. The number of esters is 3. The van der Waals surface area contributed by atoms with Crippen LogP contribution < -0.4 is 0 Å². The molecule has 0 rings (SSSR count). The van der Waals surface area contributed by atoms with E-state index in [-0.39, 0.29) is 25.9 Å². The van der Waals surface area contributed by atoms with Gasteiger partial charge in [-0.25, -0.2) is 4.57 Å². The van der Waals surface area contributed by atoms with Gasteiger partial charge in [0.15, 0.2) is 6.10 Å². The molecule has 0 bridgehead atoms. The number of carbonyl (C=O) groups excluding carboxylic acids is 3. The molecule has 3 atom stereocenters. The van der Waals surface area contributed by atoms with Crippen LogP contribution in [0.15, 0.2) is 36.5 Å². The van der Waals surface area contributed by atoms with Crippen LogP contribution in [0.4, 0.5) is 0 Å². The average Bonchev–Trinajstić information content (AvgIpc) is 3.30. The predicted octanol–water partition coefficient (Wildman–Crippen LogP) is 15.3. The van der Waals surface area contributed by atoms with E-state index in [0.29, 0.717) is 19.3 Å². The summed E-state index contributed by atoms with van der Waals surface area (Å²) in [6.07, 6.45) is 48.2. The highest BCUT2D eigenvalue weighted by molar-refractivity contribution is 7.47. The molecule has 0 fully saturated rings. The average molecular weight is 955 g/mol. The van der Waals surface area contributed by atoms with Crippen molar-refractivity contribution in [2.45, 2.75) is 264 Å². The highest BCUT2D eigenvalue weighted by Crippen LogP contribution is 2.43. The van der Waals surface area contributed by atoms with E-state index in [1.54, 1.807) is 0 Å². The zero-order valence-electron chi connectivity index (χ0n) is 42.4. The minimum absolute atomic E-state index is 0.157. The third-order valence-electron chi connectivity index (χ3n) is 11.5. The lowest BCUT2D eigenvalue weighted by atomic mass is 10.1. The van der Waals surface area contributed by atoms with Crippen LogP contribution in [0.1, 0.15) is 252 Å². The van der Waals surface area contributed by atoms with Gasteiger partial charge in [0.2, 0.25) is 0 Å². The van der Waals surface area contributed by atoms with Crippen molar-refractivity contribution in [3.8, 4) is 0 Å². The van der Waals surface area contributed by atoms with E-state index in [4.69, 9.17) is 23.3 Å². The largest absolute Gasteiger partial charge is 0.472 e. The molecule has 0 aromatic heterocycles. The Balaban J connectivity index is 4.75. The third-order valence-corrected chi connectivity index (χ3v) is 12.5. The first-order chi connectivity index (χ1) is 32.2. The fraction of sp³-hybridized carbons (Fsp3) is 0.833. The maximum absolute atomic E-state index is 12.8. The summed E-state index contributed by atoms with van der Waals surface area (Å²) in [7, 11) is -4.74. The molecule has 0 aromatic carbocycles. The van der Waals surface area contributed by atoms with Gasteiger partial charge in [0.1, 0.15) is 12.7 Å². The van der Waals surface area contributed by atoms with Crippen LogP contribution in [0.25, 0.3) is 0 Å². The third kappa shape index (κ3) is 46.8. The summed E-state index contributed by atoms with van der Waals surface area (Å²) >= 11 is 0. The SMILES string of the molecule is CCCCC/C=C\C/C=C\CCCCCCCC(=O)OCC(COP(=O)(O)OCC(CO)OC(=O)CCCCCCCCCCCCC)OC(=O)CCCCCCC/C=C\CCCCCC. The summed E-state index contributed by atoms with van der Waals surface area (Å²) in [5, 5.41) is 9.76. The molecule has 2 N–H and O–H groups in total. The fourth-order valence-corrected chi connectivity index (χ4v) is 8.16. The van der Waals surface area contributed by atoms with Crippen molar-refractivity contribution in [1.29, 1.82) is 0 Å². The second-order valence-corrected chi connectivity index (χ2v) is 19.5. The van der Waals surface area contributed by atoms with Crippen LogP contribution >= 0.6 is 7.82 Å². The van der Waals surface area contributed by atoms with Crippen LogP contribution in [0.2, 0.25) is 0 Å². The van der Waals surface area contributed by atoms with Crippen LogP contribution in [0.5, 0.6) is 0 Å². The van der Waals surface area contributed by atoms with Gasteiger partial charge in [0.05, 0.1) is 19.8 Å². The van der Waals surface area contributed by atoms with Crippen LogP contribution in [0.3, 0.4) is 0 Å². The van der Waals surface area contributed by atoms with Crippen molar-refractivity contribution in [3.63, 3.8) is 0 Å². The van der Waals surface area contributed by atoms with Gasteiger partial charge in [0, 0.05) is 19.3 Å². The van der Waals surface area contributed by atoms with E-state index in [2.05, 4.69) is 57.2 Å². The standard InChI is InChI=1S/C54H99O11P/c1-4-7-10-13-16-19-22-24-25-27-29-31-34-37-40-43-52(56)61-47-51(65-54(58)45-42-39-36-33-30-26-23-20-17-14-11-8-5-2)49-63-66(59,60)62-48-50(46-55)64-53(57)44-41-38-35-32-28-21-18-15-12-9-6-3/h16,19-20,23-25,50-51,55H,4-15,17-18,21-22,26-49H2,1-3H3,(H,59,60)/b19-16-,23-20-,25-24-. The number of phosphoric ester groups is 1. The van der Waals surface area contributed by atoms with E-state index in [1.807, 2.05) is 0 Å². The molecule has 0 aliphatic rings. The first-order valence-corrected chi connectivity index (χ1v) is 28.4. The lowest BCUT2D eigenvalue weighted by Gasteiger charge is -2.21. The molecule has 0 amide bonds. The zero-order valence-corrected chi connectivity index (χ0v) is 43.3. The van der Waals surface area contributed by atoms with Crippen molar-refractivity contribution < 1.29 is 52.2 Å². The number of ether oxygens (including phenoxy) is 3. The number of allylic oxidation sites excluding steroid dienone is 6. The Morgan fingerprint density at radius 1 is 0.424 bits per heavy atom. The van der Waals surface area contributed by atoms with Crippen molar-refractivity contribution >= 4 is 25.7 Å². The van der Waals surface area contributed by atoms with Crippen LogP contribution in [0, 0.1) is 0 Å². The van der Waals surface area contributed by atoms with Gasteiger partial charge in [-0.15, -0.1) is 0 Å². The van der Waals surface area contributed by atoms with E-state index in [9.17, 15) is 28.9 Å². The Hall–Kier alpha value is -2.30. The number of aliphatic hydroxyl groups excluding tert-OH is 1. The van der Waals surface area contributed by atoms with Gasteiger partial charge < -0.3 is 24.2 Å². The van der Waals surface area contributed by atoms with Crippen molar-refractivity contribution in [2.75, 3.05) is 26.4 Å². The van der Waals surface area contributed by atoms with Gasteiger partial charge in [-0.3, -0.25) is 23.4 Å². The second kappa shape index (κ2) is 49.1. The predicted molar refractivity (Wildman–Crippen MR) is 270 cm³/mol. The fourth-order valence-electron chi connectivity index (χ4n) is 7.38. The van der Waals surface area contributed by atoms with Crippen molar-refractivity contribution in [2.24, 2.45) is 0 Å². The summed E-state index contributed by atoms with van der Waals surface area (Å²) in [5.41, 5.74) is 0. The first kappa shape index (κ1) is 63.7. The molecule has 0 heterocycles. The maximum Gasteiger partial charge on any atom is 0.472 e. The number of phosphoric acid groups is 1. The van der Waals surface area contributed by atoms with Gasteiger partial charge in [0.25, 0.3) is 0 Å². The molecule has 0 spiro atoms. The molecule has 0 saturated carbocycles. The Labute approximate surface area is 403 Å². The summed E-state index contributed by atoms with van der Waals surface area (Å²) < 4.78 is 39.4. The highest BCUT2D eigenvalue weighted by Gasteiger charge is 2.28. The minimum Gasteiger partial charge on any atom is -0.462 e. The second-order valence-electron chi connectivity index (χ2n) is 18.0. The quantitative estimate of drug-likeness (QED) is 0.0197. The number of hydrogen-bond donors (Lipinski definition) is 2. The van der Waals surface area contributed by atoms with E-state index in [0.717, 1.165) is 103 Å². The molecular formula is C54H99O11P. The van der Waals surface area contributed by atoms with Gasteiger partial charge >= 0.3 is 25.7 Å². The highest BCUT2D eigenvalue weighted by atomic mass is 31.2. The van der Waals surface area contributed by atoms with E-state index >= 15 is 0 Å². The summed E-state index contributed by atoms with van der Waals surface area (Å²) in [5.74, 6) is -1.48. The Morgan fingerprint density at radius 3 is 1.18 bits per heavy atom. The van der Waals surface area contributed by atoms with Gasteiger partial charge in [-0.1, -0.05) is 192 Å². The van der Waals surface area contributed by atoms with Gasteiger partial charge in [-0.2, -0.15) is 0 Å². The molecule has 0 aromatic rings. The molecule has 66 heavy (non-hydrogen) atoms. The summed E-state index contributed by atoms with van der Waals surface area (Å²) in [6, 6.07) is 0. The summed E-state index contributed by atoms with van der Waals surface area (Å²) in [4.78, 5) is 48.3. The first-order valence-electron chi connectivity index (χ1n) is 26.9. The number of rotatable bonds is 50. The van der Waals surface area contributed by atoms with Gasteiger partial charge in [-0.05, 0) is 77.0 Å². The maximum atomic E-state index is 12.8. The molecule has 0 aliphatic carbocycles. The lowest BCUT2D eigenvalue weighted by molar-refractivity contribution is -0.161. The monoisotopic (exact) mass is 955 g/mol. The number of unbranched alkanes of at least 4 members (excludes halogenated alkanes) is 27. The number of carbonyl (C=O) groups is 3. The topological polar surface area (TPSA) is 155 Å². The molecule has 3 unspecified atom stereocenters. The van der Waals surface area contributed by atoms with Crippen LogP contribution in [-0.2, 0) is 42.2 Å². The van der Waals surface area contributed by atoms with E-state index < -0.39 is 57.8 Å². The molecule has 0 aliphatic heterocycles. The molecule has 12 heteroatoms. The molecular weight excluding hydrogens is 856 g/mol. The smallest absolute Gasteiger partial charge is 0.462 e. The van der Waals surface area contributed by atoms with Crippen molar-refractivity contribution in [1.82, 2.24) is 0 Å². The van der Waals surface area contributed by atoms with Crippen LogP contribution in [-0.4, -0.2) is 66.5 Å². The lowest BCUT2D eigenvalue weighted by Crippen LogP contribution is -2.30. The Morgan fingerprint density at radius 2 is 0.742 bits per heavy atom. The molecule has 386 valence electrons. The van der Waals surface area contributed by atoms with Crippen molar-refractivity contribution in [3.05, 3.63) is 36.5 Å². The zero-order chi connectivity index (χ0) is 48.4. The van der Waals surface area contributed by atoms with E-state index in [1.165, 1.54) is 89.9 Å². The normalized spacial score (nSPS) is 13.7. The number of aliphatic hydroxyl groups is 1. The molecule has 11 nitrogen and oxygen atoms in total. The molecule has 0 saturated heterocycles. The minimum atomic E-state index is -4.74.